The maximum atomic E-state index is 5.80. The molecule has 3 heteroatoms. The maximum Gasteiger partial charge on any atom is 0.0721 e. The van der Waals surface area contributed by atoms with E-state index < -0.39 is 16.1 Å². The molecule has 0 N–H and O–H groups in total. The van der Waals surface area contributed by atoms with Gasteiger partial charge in [0, 0.05) is 14.7 Å². The summed E-state index contributed by atoms with van der Waals surface area (Å²) in [5.41, 5.74) is 0. The van der Waals surface area contributed by atoms with E-state index in [-0.39, 0.29) is 0 Å². The van der Waals surface area contributed by atoms with Gasteiger partial charge in [0.1, 0.15) is 0 Å². The van der Waals surface area contributed by atoms with Crippen LogP contribution in [0.5, 0.6) is 0 Å². The summed E-state index contributed by atoms with van der Waals surface area (Å²) < 4.78 is 5.80. The molecule has 0 aromatic rings. The highest BCUT2D eigenvalue weighted by molar-refractivity contribution is 6.83. The third kappa shape index (κ3) is 6.02. The van der Waals surface area contributed by atoms with Gasteiger partial charge in [0.25, 0.3) is 0 Å². The van der Waals surface area contributed by atoms with Crippen LogP contribution >= 0.6 is 0 Å². The molecule has 1 aliphatic rings. The van der Waals surface area contributed by atoms with E-state index in [2.05, 4.69) is 45.4 Å². The molecular weight excluding hydrogens is 240 g/mol. The summed E-state index contributed by atoms with van der Waals surface area (Å²) in [5.74, 6) is 0. The van der Waals surface area contributed by atoms with E-state index in [0.717, 1.165) is 6.61 Å². The van der Waals surface area contributed by atoms with E-state index in [1.165, 1.54) is 25.3 Å². The van der Waals surface area contributed by atoms with Gasteiger partial charge in [0.15, 0.2) is 0 Å². The molecule has 0 spiro atoms. The quantitative estimate of drug-likeness (QED) is 0.658. The molecule has 1 heterocycles. The van der Waals surface area contributed by atoms with Gasteiger partial charge in [-0.25, -0.2) is 0 Å². The fourth-order valence-corrected chi connectivity index (χ4v) is 4.79. The minimum atomic E-state index is -1.15. The van der Waals surface area contributed by atoms with Crippen molar-refractivity contribution in [1.29, 1.82) is 0 Å². The number of rotatable bonds is 5. The Morgan fingerprint density at radius 1 is 1.18 bits per heavy atom. The van der Waals surface area contributed by atoms with Crippen molar-refractivity contribution >= 4 is 16.1 Å². The highest BCUT2D eigenvalue weighted by Gasteiger charge is 2.25. The first kappa shape index (κ1) is 15.2. The zero-order valence-electron chi connectivity index (χ0n) is 12.6. The minimum absolute atomic E-state index is 0.523. The second-order valence-corrected chi connectivity index (χ2v) is 18.3. The van der Waals surface area contributed by atoms with E-state index in [1.54, 1.807) is 5.20 Å². The summed E-state index contributed by atoms with van der Waals surface area (Å²) >= 11 is 0. The SMILES string of the molecule is C[Si](C)(C)CC=C(C[C@@H]1CCCO1)[Si](C)(C)C. The Hall–Kier alpha value is 0.134. The summed E-state index contributed by atoms with van der Waals surface area (Å²) in [6, 6.07) is 1.33. The van der Waals surface area contributed by atoms with E-state index in [1.807, 2.05) is 0 Å². The summed E-state index contributed by atoms with van der Waals surface area (Å²) in [7, 11) is -2.10. The largest absolute Gasteiger partial charge is 0.378 e. The fourth-order valence-electron chi connectivity index (χ4n) is 2.18. The average Bonchev–Trinajstić information content (AvgIpc) is 2.60. The van der Waals surface area contributed by atoms with E-state index >= 15 is 0 Å². The molecule has 0 aromatic heterocycles. The molecule has 1 saturated heterocycles. The van der Waals surface area contributed by atoms with Gasteiger partial charge in [-0.1, -0.05) is 50.6 Å². The summed E-state index contributed by atoms with van der Waals surface area (Å²) in [6.07, 6.45) is 6.85. The number of allylic oxidation sites excluding steroid dienone is 1. The molecule has 0 unspecified atom stereocenters. The lowest BCUT2D eigenvalue weighted by atomic mass is 10.2. The monoisotopic (exact) mass is 270 g/mol. The Balaban J connectivity index is 2.66. The highest BCUT2D eigenvalue weighted by atomic mass is 28.3. The molecule has 17 heavy (non-hydrogen) atoms. The first-order chi connectivity index (χ1) is 7.68. The molecule has 1 nitrogen and oxygen atoms in total. The molecule has 0 aliphatic carbocycles. The summed E-state index contributed by atoms with van der Waals surface area (Å²) in [5, 5.41) is 1.74. The lowest BCUT2D eigenvalue weighted by molar-refractivity contribution is 0.112. The third-order valence-corrected chi connectivity index (χ3v) is 7.16. The van der Waals surface area contributed by atoms with Crippen LogP contribution in [0.1, 0.15) is 19.3 Å². The van der Waals surface area contributed by atoms with Crippen LogP contribution in [-0.4, -0.2) is 28.9 Å². The van der Waals surface area contributed by atoms with Crippen LogP contribution in [0.2, 0.25) is 45.3 Å². The van der Waals surface area contributed by atoms with Crippen LogP contribution in [0.15, 0.2) is 11.3 Å². The topological polar surface area (TPSA) is 9.23 Å². The number of hydrogen-bond donors (Lipinski definition) is 0. The van der Waals surface area contributed by atoms with Crippen molar-refractivity contribution in [3.05, 3.63) is 11.3 Å². The molecule has 0 amide bonds. The van der Waals surface area contributed by atoms with Crippen LogP contribution in [0.4, 0.5) is 0 Å². The van der Waals surface area contributed by atoms with Crippen molar-refractivity contribution in [2.75, 3.05) is 6.61 Å². The lowest BCUT2D eigenvalue weighted by Gasteiger charge is -2.25. The Labute approximate surface area is 110 Å². The Morgan fingerprint density at radius 3 is 2.24 bits per heavy atom. The highest BCUT2D eigenvalue weighted by Crippen LogP contribution is 2.27. The fraction of sp³-hybridized carbons (Fsp3) is 0.857. The zero-order chi connectivity index (χ0) is 13.1. The Bertz CT molecular complexity index is 265. The van der Waals surface area contributed by atoms with Crippen LogP contribution in [0.25, 0.3) is 0 Å². The lowest BCUT2D eigenvalue weighted by Crippen LogP contribution is -2.28. The first-order valence-electron chi connectivity index (χ1n) is 6.99. The normalized spacial score (nSPS) is 23.2. The second kappa shape index (κ2) is 5.85. The molecule has 1 aliphatic heterocycles. The van der Waals surface area contributed by atoms with Gasteiger partial charge in [0.05, 0.1) is 14.2 Å². The molecule has 1 fully saturated rings. The van der Waals surface area contributed by atoms with Gasteiger partial charge in [-0.2, -0.15) is 0 Å². The van der Waals surface area contributed by atoms with Crippen molar-refractivity contribution in [2.45, 2.75) is 70.7 Å². The smallest absolute Gasteiger partial charge is 0.0721 e. The molecule has 0 saturated carbocycles. The second-order valence-electron chi connectivity index (χ2n) is 7.58. The summed E-state index contributed by atoms with van der Waals surface area (Å²) in [4.78, 5) is 0. The van der Waals surface area contributed by atoms with Crippen LogP contribution in [-0.2, 0) is 4.74 Å². The molecule has 1 atom stereocenters. The third-order valence-electron chi connectivity index (χ3n) is 3.40. The summed E-state index contributed by atoms with van der Waals surface area (Å²) in [6.45, 7) is 15.8. The molecule has 0 aromatic carbocycles. The van der Waals surface area contributed by atoms with Crippen molar-refractivity contribution in [3.63, 3.8) is 0 Å². The molecular formula is C14H30OSi2. The Morgan fingerprint density at radius 2 is 1.82 bits per heavy atom. The van der Waals surface area contributed by atoms with Crippen LogP contribution < -0.4 is 0 Å². The first-order valence-corrected chi connectivity index (χ1v) is 14.2. The van der Waals surface area contributed by atoms with Crippen molar-refractivity contribution < 1.29 is 4.74 Å². The Kier molecular flexibility index (Phi) is 5.23. The van der Waals surface area contributed by atoms with Crippen LogP contribution in [0.3, 0.4) is 0 Å². The van der Waals surface area contributed by atoms with E-state index in [0.29, 0.717) is 6.10 Å². The van der Waals surface area contributed by atoms with Gasteiger partial charge in [0.2, 0.25) is 0 Å². The predicted octanol–water partition coefficient (Wildman–Crippen LogP) is 4.70. The minimum Gasteiger partial charge on any atom is -0.378 e. The molecule has 1 rings (SSSR count). The van der Waals surface area contributed by atoms with Gasteiger partial charge in [-0.3, -0.25) is 0 Å². The molecule has 0 radical (unpaired) electrons. The standard InChI is InChI=1S/C14H30OSi2/c1-16(2,3)11-9-14(17(4,5)6)12-13-8-7-10-15-13/h9,13H,7-8,10-12H2,1-6H3/t13-/m0/s1. The predicted molar refractivity (Wildman–Crippen MR) is 83.2 cm³/mol. The number of ether oxygens (including phenoxy) is 1. The van der Waals surface area contributed by atoms with Crippen molar-refractivity contribution in [2.24, 2.45) is 0 Å². The molecule has 100 valence electrons. The van der Waals surface area contributed by atoms with Gasteiger partial charge >= 0.3 is 0 Å². The van der Waals surface area contributed by atoms with E-state index in [9.17, 15) is 0 Å². The van der Waals surface area contributed by atoms with Crippen LogP contribution in [0, 0.1) is 0 Å². The van der Waals surface area contributed by atoms with Crippen molar-refractivity contribution in [3.8, 4) is 0 Å². The zero-order valence-corrected chi connectivity index (χ0v) is 14.6. The van der Waals surface area contributed by atoms with E-state index in [4.69, 9.17) is 4.74 Å². The van der Waals surface area contributed by atoms with Crippen molar-refractivity contribution in [1.82, 2.24) is 0 Å². The van der Waals surface area contributed by atoms with Gasteiger partial charge < -0.3 is 4.74 Å². The van der Waals surface area contributed by atoms with Gasteiger partial charge in [-0.05, 0) is 25.3 Å². The van der Waals surface area contributed by atoms with Gasteiger partial charge in [-0.15, -0.1) is 0 Å². The number of hydrogen-bond acceptors (Lipinski definition) is 1. The maximum absolute atomic E-state index is 5.80. The average molecular weight is 271 g/mol. The molecule has 0 bridgehead atoms.